The van der Waals surface area contributed by atoms with Gasteiger partial charge >= 0.3 is 11.9 Å². The van der Waals surface area contributed by atoms with Gasteiger partial charge in [-0.15, -0.1) is 0 Å². The predicted octanol–water partition coefficient (Wildman–Crippen LogP) is 5.72. The number of nitrogens with one attached hydrogen (secondary N) is 1. The third-order valence-electron chi connectivity index (χ3n) is 6.69. The van der Waals surface area contributed by atoms with E-state index in [0.29, 0.717) is 0 Å². The molecule has 0 unspecified atom stereocenters. The SMILES string of the molecule is CN(c1ccc(/C=C\C2CCCCC2)nc1)c1c(Cl)ccc2c1CCNCC2.O=C(O)CCC(=O)O. The number of benzene rings is 1. The molecule has 4 rings (SSSR count). The number of carboxylic acids is 2. The topological polar surface area (TPSA) is 103 Å². The summed E-state index contributed by atoms with van der Waals surface area (Å²) in [4.78, 5) is 26.2. The molecule has 1 fully saturated rings. The third kappa shape index (κ3) is 8.35. The quantitative estimate of drug-likeness (QED) is 0.435. The first-order valence-electron chi connectivity index (χ1n) is 12.7. The van der Waals surface area contributed by atoms with Gasteiger partial charge in [0, 0.05) is 7.05 Å². The number of halogens is 1. The number of hydrogen-bond acceptors (Lipinski definition) is 5. The summed E-state index contributed by atoms with van der Waals surface area (Å²) in [6.07, 6.45) is 14.7. The van der Waals surface area contributed by atoms with Crippen molar-refractivity contribution in [2.45, 2.75) is 57.8 Å². The molecule has 1 aromatic carbocycles. The molecule has 8 heteroatoms. The highest BCUT2D eigenvalue weighted by Gasteiger charge is 2.19. The zero-order chi connectivity index (χ0) is 25.9. The summed E-state index contributed by atoms with van der Waals surface area (Å²) in [6.45, 7) is 2.03. The van der Waals surface area contributed by atoms with Gasteiger partial charge in [-0.25, -0.2) is 0 Å². The molecule has 2 aromatic rings. The number of carbonyl (C=O) groups is 2. The van der Waals surface area contributed by atoms with E-state index in [4.69, 9.17) is 21.8 Å². The summed E-state index contributed by atoms with van der Waals surface area (Å²) in [5, 5.41) is 20.1. The van der Waals surface area contributed by atoms with Gasteiger partial charge in [0.15, 0.2) is 0 Å². The summed E-state index contributed by atoms with van der Waals surface area (Å²) in [5.41, 5.74) is 5.99. The van der Waals surface area contributed by atoms with Crippen LogP contribution in [0.15, 0.2) is 36.5 Å². The van der Waals surface area contributed by atoms with Crippen LogP contribution >= 0.6 is 11.6 Å². The summed E-state index contributed by atoms with van der Waals surface area (Å²) >= 11 is 6.63. The number of carboxylic acid groups (broad SMARTS) is 2. The van der Waals surface area contributed by atoms with Crippen LogP contribution in [0.3, 0.4) is 0 Å². The molecule has 0 saturated heterocycles. The first-order chi connectivity index (χ1) is 17.3. The Morgan fingerprint density at radius 3 is 2.39 bits per heavy atom. The number of allylic oxidation sites excluding steroid dienone is 1. The minimum absolute atomic E-state index is 0.296. The molecule has 3 N–H and O–H groups in total. The van der Waals surface area contributed by atoms with Crippen molar-refractivity contribution in [1.29, 1.82) is 0 Å². The van der Waals surface area contributed by atoms with Crippen LogP contribution in [0, 0.1) is 5.92 Å². The van der Waals surface area contributed by atoms with Crippen LogP contribution in [-0.2, 0) is 22.4 Å². The molecule has 0 bridgehead atoms. The lowest BCUT2D eigenvalue weighted by atomic mass is 9.89. The molecule has 0 spiro atoms. The van der Waals surface area contributed by atoms with Crippen LogP contribution in [0.5, 0.6) is 0 Å². The number of fused-ring (bicyclic) bond motifs is 1. The van der Waals surface area contributed by atoms with Crippen LogP contribution in [0.1, 0.15) is 61.8 Å². The van der Waals surface area contributed by atoms with Gasteiger partial charge in [-0.1, -0.05) is 43.0 Å². The number of rotatable bonds is 7. The monoisotopic (exact) mass is 513 g/mol. The summed E-state index contributed by atoms with van der Waals surface area (Å²) in [5.74, 6) is -1.43. The normalized spacial score (nSPS) is 15.9. The van der Waals surface area contributed by atoms with Crippen molar-refractivity contribution in [2.24, 2.45) is 5.92 Å². The Morgan fingerprint density at radius 2 is 1.75 bits per heavy atom. The van der Waals surface area contributed by atoms with E-state index < -0.39 is 11.9 Å². The van der Waals surface area contributed by atoms with E-state index in [1.165, 1.54) is 43.2 Å². The highest BCUT2D eigenvalue weighted by atomic mass is 35.5. The largest absolute Gasteiger partial charge is 0.481 e. The molecule has 0 amide bonds. The van der Waals surface area contributed by atoms with Crippen LogP contribution in [0.4, 0.5) is 11.4 Å². The van der Waals surface area contributed by atoms with Crippen LogP contribution in [0.2, 0.25) is 5.02 Å². The first kappa shape index (κ1) is 27.7. The Kier molecular flexibility index (Phi) is 10.8. The van der Waals surface area contributed by atoms with Crippen LogP contribution < -0.4 is 10.2 Å². The smallest absolute Gasteiger partial charge is 0.303 e. The zero-order valence-corrected chi connectivity index (χ0v) is 21.6. The van der Waals surface area contributed by atoms with Crippen LogP contribution in [-0.4, -0.2) is 47.3 Å². The lowest BCUT2D eigenvalue weighted by molar-refractivity contribution is -0.143. The second-order valence-electron chi connectivity index (χ2n) is 9.33. The summed E-state index contributed by atoms with van der Waals surface area (Å²) in [7, 11) is 2.09. The Hall–Kier alpha value is -2.90. The lowest BCUT2D eigenvalue weighted by Gasteiger charge is -2.25. The van der Waals surface area contributed by atoms with Gasteiger partial charge in [-0.3, -0.25) is 14.6 Å². The molecule has 1 aromatic heterocycles. The van der Waals surface area contributed by atoms with Gasteiger partial charge in [0.25, 0.3) is 0 Å². The molecular weight excluding hydrogens is 478 g/mol. The van der Waals surface area contributed by atoms with E-state index in [9.17, 15) is 9.59 Å². The molecule has 1 aliphatic heterocycles. The van der Waals surface area contributed by atoms with Gasteiger partial charge in [0.05, 0.1) is 41.1 Å². The highest BCUT2D eigenvalue weighted by Crippen LogP contribution is 2.37. The lowest BCUT2D eigenvalue weighted by Crippen LogP contribution is -2.17. The predicted molar refractivity (Wildman–Crippen MR) is 144 cm³/mol. The Bertz CT molecular complexity index is 1040. The molecule has 2 aliphatic rings. The molecule has 194 valence electrons. The van der Waals surface area contributed by atoms with Gasteiger partial charge < -0.3 is 20.4 Å². The van der Waals surface area contributed by atoms with Crippen LogP contribution in [0.25, 0.3) is 6.08 Å². The number of aliphatic carboxylic acids is 2. The van der Waals surface area contributed by atoms with E-state index in [-0.39, 0.29) is 12.8 Å². The molecule has 1 saturated carbocycles. The Labute approximate surface area is 218 Å². The van der Waals surface area contributed by atoms with Gasteiger partial charge in [0.2, 0.25) is 0 Å². The zero-order valence-electron chi connectivity index (χ0n) is 20.9. The van der Waals surface area contributed by atoms with E-state index in [1.54, 1.807) is 0 Å². The van der Waals surface area contributed by atoms with Crippen molar-refractivity contribution in [3.05, 3.63) is 58.4 Å². The highest BCUT2D eigenvalue weighted by molar-refractivity contribution is 6.33. The van der Waals surface area contributed by atoms with E-state index >= 15 is 0 Å². The molecule has 2 heterocycles. The molecule has 1 aliphatic carbocycles. The van der Waals surface area contributed by atoms with E-state index in [0.717, 1.165) is 53.9 Å². The van der Waals surface area contributed by atoms with Gasteiger partial charge in [-0.05, 0) is 80.1 Å². The van der Waals surface area contributed by atoms with Crippen molar-refractivity contribution in [2.75, 3.05) is 25.0 Å². The van der Waals surface area contributed by atoms with Crippen molar-refractivity contribution in [1.82, 2.24) is 10.3 Å². The van der Waals surface area contributed by atoms with Crippen molar-refractivity contribution < 1.29 is 19.8 Å². The molecule has 0 radical (unpaired) electrons. The second-order valence-corrected chi connectivity index (χ2v) is 9.74. The van der Waals surface area contributed by atoms with Crippen molar-refractivity contribution in [3.63, 3.8) is 0 Å². The molecule has 36 heavy (non-hydrogen) atoms. The number of anilines is 2. The maximum absolute atomic E-state index is 9.64. The Balaban J connectivity index is 0.000000392. The van der Waals surface area contributed by atoms with Gasteiger partial charge in [0.1, 0.15) is 0 Å². The average molecular weight is 514 g/mol. The standard InChI is InChI=1S/C24H30ClN3.C4H6O4/c1-28(24-22-14-16-26-15-13-19(22)8-12-23(24)25)21-11-10-20(27-17-21)9-7-18-5-3-2-4-6-18;5-3(6)1-2-4(7)8/h7-12,17-18,26H,2-6,13-16H2,1H3;1-2H2,(H,5,6)(H,7,8)/b9-7-;. The fourth-order valence-electron chi connectivity index (χ4n) is 4.69. The molecular formula is C28H36ClN3O4. The minimum Gasteiger partial charge on any atom is -0.481 e. The number of nitrogens with zero attached hydrogens (tertiary/aromatic N) is 2. The number of aromatic nitrogens is 1. The fourth-order valence-corrected chi connectivity index (χ4v) is 4.99. The van der Waals surface area contributed by atoms with Crippen molar-refractivity contribution >= 4 is 41.0 Å². The number of pyridine rings is 1. The molecule has 0 atom stereocenters. The maximum Gasteiger partial charge on any atom is 0.303 e. The van der Waals surface area contributed by atoms with Crippen molar-refractivity contribution in [3.8, 4) is 0 Å². The van der Waals surface area contributed by atoms with Gasteiger partial charge in [-0.2, -0.15) is 0 Å². The third-order valence-corrected chi connectivity index (χ3v) is 6.99. The number of hydrogen-bond donors (Lipinski definition) is 3. The molecule has 7 nitrogen and oxygen atoms in total. The summed E-state index contributed by atoms with van der Waals surface area (Å²) in [6, 6.07) is 8.48. The Morgan fingerprint density at radius 1 is 1.06 bits per heavy atom. The minimum atomic E-state index is -1.08. The fraction of sp³-hybridized carbons (Fsp3) is 0.464. The second kappa shape index (κ2) is 14.0. The maximum atomic E-state index is 9.64. The first-order valence-corrected chi connectivity index (χ1v) is 13.1. The van der Waals surface area contributed by atoms with E-state index in [1.807, 2.05) is 12.3 Å². The van der Waals surface area contributed by atoms with E-state index in [2.05, 4.69) is 52.6 Å². The average Bonchev–Trinajstić information content (AvgIpc) is 3.13. The summed E-state index contributed by atoms with van der Waals surface area (Å²) < 4.78 is 0.